The molecular weight excluding hydrogens is 527 g/mol. The van der Waals surface area contributed by atoms with Crippen LogP contribution in [-0.2, 0) is 13.1 Å². The maximum absolute atomic E-state index is 6.32. The van der Waals surface area contributed by atoms with Gasteiger partial charge in [0.15, 0.2) is 5.96 Å². The molecule has 1 aliphatic carbocycles. The average molecular weight is 560 g/mol. The smallest absolute Gasteiger partial charge is 0.191 e. The lowest BCUT2D eigenvalue weighted by atomic mass is 10.1. The quantitative estimate of drug-likeness (QED) is 0.249. The van der Waals surface area contributed by atoms with Gasteiger partial charge in [-0.15, -0.1) is 24.0 Å². The topological polar surface area (TPSA) is 76.4 Å². The lowest BCUT2D eigenvalue weighted by Crippen LogP contribution is -2.36. The van der Waals surface area contributed by atoms with Crippen LogP contribution < -0.4 is 15.4 Å². The van der Waals surface area contributed by atoms with Crippen LogP contribution >= 0.6 is 24.0 Å². The number of nitrogens with one attached hydrogen (secondary N) is 2. The van der Waals surface area contributed by atoms with E-state index in [9.17, 15) is 0 Å². The third-order valence-electron chi connectivity index (χ3n) is 5.83. The number of pyridine rings is 1. The van der Waals surface area contributed by atoms with Crippen LogP contribution in [-0.4, -0.2) is 33.6 Å². The monoisotopic (exact) mass is 560 g/mol. The van der Waals surface area contributed by atoms with E-state index in [1.807, 2.05) is 30.0 Å². The number of benzene rings is 1. The van der Waals surface area contributed by atoms with E-state index in [4.69, 9.17) is 4.74 Å². The first-order valence-corrected chi connectivity index (χ1v) is 11.3. The van der Waals surface area contributed by atoms with Gasteiger partial charge >= 0.3 is 0 Å². The molecule has 1 aliphatic rings. The van der Waals surface area contributed by atoms with E-state index in [0.29, 0.717) is 19.2 Å². The molecule has 2 N–H and O–H groups in total. The van der Waals surface area contributed by atoms with Gasteiger partial charge in [0.05, 0.1) is 6.10 Å². The van der Waals surface area contributed by atoms with Crippen molar-refractivity contribution in [1.82, 2.24) is 25.2 Å². The Morgan fingerprint density at radius 2 is 1.88 bits per heavy atom. The molecule has 0 unspecified atom stereocenters. The van der Waals surface area contributed by atoms with Gasteiger partial charge in [-0.1, -0.05) is 18.2 Å². The molecule has 0 radical (unpaired) electrons. The normalized spacial score (nSPS) is 14.1. The molecule has 1 saturated carbocycles. The summed E-state index contributed by atoms with van der Waals surface area (Å²) in [7, 11) is 1.78. The summed E-state index contributed by atoms with van der Waals surface area (Å²) in [5.74, 6) is 3.50. The molecule has 1 aromatic carbocycles. The summed E-state index contributed by atoms with van der Waals surface area (Å²) in [6.07, 6.45) is 10.7. The largest absolute Gasteiger partial charge is 0.490 e. The lowest BCUT2D eigenvalue weighted by Gasteiger charge is -2.18. The van der Waals surface area contributed by atoms with Crippen molar-refractivity contribution in [2.45, 2.75) is 58.7 Å². The third-order valence-corrected chi connectivity index (χ3v) is 5.83. The molecule has 3 aromatic rings. The van der Waals surface area contributed by atoms with Crippen LogP contribution in [0, 0.1) is 13.8 Å². The number of aliphatic imine (C=N–C) groups is 1. The number of guanidine groups is 1. The highest BCUT2D eigenvalue weighted by atomic mass is 127. The Morgan fingerprint density at radius 1 is 1.09 bits per heavy atom. The van der Waals surface area contributed by atoms with Crippen LogP contribution in [0.25, 0.3) is 5.82 Å². The number of nitrogens with zero attached hydrogens (tertiary/aromatic N) is 4. The first kappa shape index (κ1) is 25.0. The van der Waals surface area contributed by atoms with E-state index in [-0.39, 0.29) is 24.0 Å². The summed E-state index contributed by atoms with van der Waals surface area (Å²) < 4.78 is 8.28. The maximum atomic E-state index is 6.32. The second-order valence-corrected chi connectivity index (χ2v) is 8.28. The second kappa shape index (κ2) is 12.0. The van der Waals surface area contributed by atoms with Crippen LogP contribution in [0.15, 0.2) is 53.9 Å². The highest BCUT2D eigenvalue weighted by molar-refractivity contribution is 14.0. The van der Waals surface area contributed by atoms with E-state index in [1.54, 1.807) is 13.2 Å². The molecule has 1 fully saturated rings. The Kier molecular flexibility index (Phi) is 9.11. The summed E-state index contributed by atoms with van der Waals surface area (Å²) in [4.78, 5) is 13.2. The molecule has 7 nitrogen and oxygen atoms in total. The molecule has 0 atom stereocenters. The molecule has 0 saturated heterocycles. The van der Waals surface area contributed by atoms with Crippen molar-refractivity contribution in [2.24, 2.45) is 4.99 Å². The summed E-state index contributed by atoms with van der Waals surface area (Å²) in [5.41, 5.74) is 3.44. The number of aromatic nitrogens is 3. The predicted molar refractivity (Wildman–Crippen MR) is 143 cm³/mol. The Hall–Kier alpha value is -2.62. The van der Waals surface area contributed by atoms with Crippen molar-refractivity contribution >= 4 is 29.9 Å². The molecular formula is C25H33IN6O. The number of imidazole rings is 1. The van der Waals surface area contributed by atoms with Crippen LogP contribution in [0.1, 0.15) is 48.2 Å². The minimum Gasteiger partial charge on any atom is -0.490 e. The maximum Gasteiger partial charge on any atom is 0.191 e. The molecule has 33 heavy (non-hydrogen) atoms. The van der Waals surface area contributed by atoms with Crippen LogP contribution in [0.4, 0.5) is 0 Å². The first-order valence-electron chi connectivity index (χ1n) is 11.3. The van der Waals surface area contributed by atoms with Crippen molar-refractivity contribution in [2.75, 3.05) is 7.05 Å². The SMILES string of the molecule is CN=C(NCc1ccc(-n2ccnc2C)nc1)NCc1ccc(C)cc1OC1CCCC1.I. The standard InChI is InChI=1S/C25H32N6O.HI/c1-18-8-10-21(23(14-18)32-22-6-4-5-7-22)17-30-25(26-3)29-16-20-9-11-24(28-15-20)31-13-12-27-19(31)2;/h8-15,22H,4-7,16-17H2,1-3H3,(H2,26,29,30);1H. The highest BCUT2D eigenvalue weighted by Crippen LogP contribution is 2.27. The average Bonchev–Trinajstić information content (AvgIpc) is 3.47. The van der Waals surface area contributed by atoms with E-state index < -0.39 is 0 Å². The fraction of sp³-hybridized carbons (Fsp3) is 0.400. The van der Waals surface area contributed by atoms with Crippen molar-refractivity contribution in [1.29, 1.82) is 0 Å². The minimum atomic E-state index is 0. The number of hydrogen-bond acceptors (Lipinski definition) is 4. The van der Waals surface area contributed by atoms with Gasteiger partial charge in [-0.3, -0.25) is 9.56 Å². The van der Waals surface area contributed by atoms with Gasteiger partial charge in [-0.25, -0.2) is 9.97 Å². The van der Waals surface area contributed by atoms with Gasteiger partial charge in [0.1, 0.15) is 17.4 Å². The van der Waals surface area contributed by atoms with Gasteiger partial charge in [0, 0.05) is 44.3 Å². The molecule has 0 bridgehead atoms. The fourth-order valence-corrected chi connectivity index (χ4v) is 3.97. The molecule has 0 aliphatic heterocycles. The lowest BCUT2D eigenvalue weighted by molar-refractivity contribution is 0.207. The van der Waals surface area contributed by atoms with Gasteiger partial charge in [-0.05, 0) is 62.8 Å². The van der Waals surface area contributed by atoms with Crippen molar-refractivity contribution in [3.8, 4) is 11.6 Å². The number of halogens is 1. The minimum absolute atomic E-state index is 0. The van der Waals surface area contributed by atoms with Gasteiger partial charge in [-0.2, -0.15) is 0 Å². The van der Waals surface area contributed by atoms with Crippen molar-refractivity contribution in [3.63, 3.8) is 0 Å². The second-order valence-electron chi connectivity index (χ2n) is 8.28. The number of ether oxygens (including phenoxy) is 1. The Bertz CT molecular complexity index is 1060. The number of hydrogen-bond donors (Lipinski definition) is 2. The van der Waals surface area contributed by atoms with Crippen LogP contribution in [0.3, 0.4) is 0 Å². The molecule has 0 spiro atoms. The van der Waals surface area contributed by atoms with E-state index in [0.717, 1.165) is 47.3 Å². The Labute approximate surface area is 213 Å². The van der Waals surface area contributed by atoms with E-state index in [1.165, 1.54) is 18.4 Å². The molecule has 176 valence electrons. The molecule has 2 aromatic heterocycles. The van der Waals surface area contributed by atoms with E-state index in [2.05, 4.69) is 56.8 Å². The van der Waals surface area contributed by atoms with Crippen molar-refractivity contribution < 1.29 is 4.74 Å². The fourth-order valence-electron chi connectivity index (χ4n) is 3.97. The third kappa shape index (κ3) is 6.69. The van der Waals surface area contributed by atoms with Crippen LogP contribution in [0.5, 0.6) is 5.75 Å². The van der Waals surface area contributed by atoms with Gasteiger partial charge in [0.25, 0.3) is 0 Å². The summed E-state index contributed by atoms with van der Waals surface area (Å²) in [6, 6.07) is 10.5. The number of aryl methyl sites for hydroxylation is 2. The molecule has 8 heteroatoms. The zero-order chi connectivity index (χ0) is 22.3. The summed E-state index contributed by atoms with van der Waals surface area (Å²) in [5, 5.41) is 6.77. The van der Waals surface area contributed by atoms with Crippen LogP contribution in [0.2, 0.25) is 0 Å². The summed E-state index contributed by atoms with van der Waals surface area (Å²) in [6.45, 7) is 5.35. The Balaban J connectivity index is 0.00000306. The summed E-state index contributed by atoms with van der Waals surface area (Å²) >= 11 is 0. The van der Waals surface area contributed by atoms with Gasteiger partial charge < -0.3 is 15.4 Å². The molecule has 2 heterocycles. The predicted octanol–water partition coefficient (Wildman–Crippen LogP) is 4.69. The molecule has 4 rings (SSSR count). The van der Waals surface area contributed by atoms with Crippen molar-refractivity contribution in [3.05, 3.63) is 71.4 Å². The Morgan fingerprint density at radius 3 is 2.55 bits per heavy atom. The number of rotatable bonds is 7. The van der Waals surface area contributed by atoms with Gasteiger partial charge in [0.2, 0.25) is 0 Å². The highest BCUT2D eigenvalue weighted by Gasteiger charge is 2.18. The molecule has 0 amide bonds. The van der Waals surface area contributed by atoms with E-state index >= 15 is 0 Å². The zero-order valence-corrected chi connectivity index (χ0v) is 21.9. The first-order chi connectivity index (χ1) is 15.6. The zero-order valence-electron chi connectivity index (χ0n) is 19.5.